The van der Waals surface area contributed by atoms with Gasteiger partial charge in [0.2, 0.25) is 11.8 Å². The van der Waals surface area contributed by atoms with Crippen molar-refractivity contribution in [2.45, 2.75) is 44.7 Å². The van der Waals surface area contributed by atoms with E-state index in [4.69, 9.17) is 0 Å². The van der Waals surface area contributed by atoms with Crippen LogP contribution in [0.5, 0.6) is 0 Å². The van der Waals surface area contributed by atoms with Crippen LogP contribution >= 0.6 is 11.3 Å². The quantitative estimate of drug-likeness (QED) is 0.922. The molecule has 0 saturated carbocycles. The molecule has 6 nitrogen and oxygen atoms in total. The smallest absolute Gasteiger partial charge is 0.240 e. The molecule has 126 valence electrons. The summed E-state index contributed by atoms with van der Waals surface area (Å²) in [5, 5.41) is 5.08. The Balaban J connectivity index is 1.42. The van der Waals surface area contributed by atoms with E-state index >= 15 is 0 Å². The fourth-order valence-corrected chi connectivity index (χ4v) is 4.43. The predicted octanol–water partition coefficient (Wildman–Crippen LogP) is 1.75. The van der Waals surface area contributed by atoms with E-state index < -0.39 is 0 Å². The lowest BCUT2D eigenvalue weighted by molar-refractivity contribution is -0.124. The van der Waals surface area contributed by atoms with E-state index in [0.717, 1.165) is 43.7 Å². The van der Waals surface area contributed by atoms with Crippen LogP contribution in [0.3, 0.4) is 0 Å². The number of aromatic nitrogens is 2. The molecule has 1 N–H and O–H groups in total. The highest BCUT2D eigenvalue weighted by molar-refractivity contribution is 7.10. The summed E-state index contributed by atoms with van der Waals surface area (Å²) in [5.41, 5.74) is 0.915. The van der Waals surface area contributed by atoms with E-state index in [-0.39, 0.29) is 24.4 Å². The maximum absolute atomic E-state index is 12.5. The second kappa shape index (κ2) is 6.39. The third-order valence-electron chi connectivity index (χ3n) is 4.71. The first kappa shape index (κ1) is 15.4. The molecule has 24 heavy (non-hydrogen) atoms. The Kier molecular flexibility index (Phi) is 4.10. The number of anilines is 1. The number of hydrogen-bond donors (Lipinski definition) is 1. The normalized spacial score (nSPS) is 20.2. The average Bonchev–Trinajstić information content (AvgIpc) is 3.18. The molecule has 1 atom stereocenters. The summed E-state index contributed by atoms with van der Waals surface area (Å²) in [6, 6.07) is 2.05. The maximum atomic E-state index is 12.5. The molecule has 0 fully saturated rings. The standard InChI is InChI=1S/C17H20N4O2S/c22-16(19-12-4-5-15-18-7-8-20(15)10-12)11-21-13-6-9-24-14(13)2-1-3-17(21)23/h6-9,12H,1-5,10-11H2,(H,19,22)/t12-/m0/s1. The average molecular weight is 344 g/mol. The minimum Gasteiger partial charge on any atom is -0.350 e. The first-order chi connectivity index (χ1) is 11.7. The van der Waals surface area contributed by atoms with Crippen LogP contribution in [-0.2, 0) is 29.0 Å². The third-order valence-corrected chi connectivity index (χ3v) is 5.68. The molecule has 0 aromatic carbocycles. The van der Waals surface area contributed by atoms with Gasteiger partial charge >= 0.3 is 0 Å². The number of nitrogens with one attached hydrogen (secondary N) is 1. The number of rotatable bonds is 3. The first-order valence-corrected chi connectivity index (χ1v) is 9.25. The van der Waals surface area contributed by atoms with Crippen LogP contribution in [0.2, 0.25) is 0 Å². The van der Waals surface area contributed by atoms with Crippen molar-refractivity contribution in [2.75, 3.05) is 11.4 Å². The molecular weight excluding hydrogens is 324 g/mol. The minimum absolute atomic E-state index is 0.0443. The van der Waals surface area contributed by atoms with Gasteiger partial charge in [-0.3, -0.25) is 9.59 Å². The molecule has 2 amide bonds. The predicted molar refractivity (Wildman–Crippen MR) is 92.1 cm³/mol. The van der Waals surface area contributed by atoms with Crippen LogP contribution in [0.4, 0.5) is 5.69 Å². The van der Waals surface area contributed by atoms with E-state index in [1.807, 2.05) is 17.6 Å². The summed E-state index contributed by atoms with van der Waals surface area (Å²) in [4.78, 5) is 32.0. The van der Waals surface area contributed by atoms with Crippen molar-refractivity contribution in [3.8, 4) is 0 Å². The largest absolute Gasteiger partial charge is 0.350 e. The highest BCUT2D eigenvalue weighted by Gasteiger charge is 2.26. The zero-order valence-corrected chi connectivity index (χ0v) is 14.2. The summed E-state index contributed by atoms with van der Waals surface area (Å²) in [6.45, 7) is 0.856. The Morgan fingerprint density at radius 1 is 1.38 bits per heavy atom. The van der Waals surface area contributed by atoms with Gasteiger partial charge < -0.3 is 14.8 Å². The van der Waals surface area contributed by atoms with Crippen molar-refractivity contribution in [2.24, 2.45) is 0 Å². The Labute approximate surface area is 144 Å². The number of carbonyl (C=O) groups is 2. The van der Waals surface area contributed by atoms with Crippen molar-refractivity contribution in [3.63, 3.8) is 0 Å². The minimum atomic E-state index is -0.0871. The van der Waals surface area contributed by atoms with Crippen LogP contribution in [0.25, 0.3) is 0 Å². The molecule has 0 bridgehead atoms. The van der Waals surface area contributed by atoms with Crippen molar-refractivity contribution < 1.29 is 9.59 Å². The summed E-state index contributed by atoms with van der Waals surface area (Å²) in [7, 11) is 0. The molecule has 0 radical (unpaired) electrons. The van der Waals surface area contributed by atoms with E-state index in [2.05, 4.69) is 14.9 Å². The van der Waals surface area contributed by atoms with Crippen LogP contribution in [0.15, 0.2) is 23.8 Å². The molecule has 0 aliphatic carbocycles. The van der Waals surface area contributed by atoms with Gasteiger partial charge in [-0.2, -0.15) is 0 Å². The number of fused-ring (bicyclic) bond motifs is 2. The van der Waals surface area contributed by atoms with Crippen LogP contribution in [-0.4, -0.2) is 34.0 Å². The lowest BCUT2D eigenvalue weighted by Gasteiger charge is -2.26. The lowest BCUT2D eigenvalue weighted by Crippen LogP contribution is -2.46. The van der Waals surface area contributed by atoms with Gasteiger partial charge in [0, 0.05) is 42.7 Å². The van der Waals surface area contributed by atoms with Gasteiger partial charge in [-0.15, -0.1) is 11.3 Å². The fourth-order valence-electron chi connectivity index (χ4n) is 3.51. The molecule has 7 heteroatoms. The number of imidazole rings is 1. The molecule has 2 aromatic heterocycles. The molecule has 2 aromatic rings. The van der Waals surface area contributed by atoms with Gasteiger partial charge in [-0.25, -0.2) is 4.98 Å². The molecule has 0 saturated heterocycles. The van der Waals surface area contributed by atoms with Gasteiger partial charge in [-0.05, 0) is 30.7 Å². The summed E-state index contributed by atoms with van der Waals surface area (Å²) in [6.07, 6.45) is 7.79. The number of nitrogens with zero attached hydrogens (tertiary/aromatic N) is 3. The Morgan fingerprint density at radius 2 is 2.29 bits per heavy atom. The van der Waals surface area contributed by atoms with Gasteiger partial charge in [-0.1, -0.05) is 0 Å². The molecule has 4 heterocycles. The third kappa shape index (κ3) is 2.96. The summed E-state index contributed by atoms with van der Waals surface area (Å²) in [5.74, 6) is 1.03. The molecule has 4 rings (SSSR count). The number of hydrogen-bond acceptors (Lipinski definition) is 4. The summed E-state index contributed by atoms with van der Waals surface area (Å²) < 4.78 is 2.09. The van der Waals surface area contributed by atoms with E-state index in [0.29, 0.717) is 6.42 Å². The molecule has 0 spiro atoms. The van der Waals surface area contributed by atoms with Crippen molar-refractivity contribution in [1.29, 1.82) is 0 Å². The SMILES string of the molecule is O=C(CN1C(=O)CCCc2sccc21)N[C@H]1CCc2nccn2C1. The zero-order chi connectivity index (χ0) is 16.5. The van der Waals surface area contributed by atoms with Crippen molar-refractivity contribution >= 4 is 28.8 Å². The number of amides is 2. The van der Waals surface area contributed by atoms with Gasteiger partial charge in [0.25, 0.3) is 0 Å². The van der Waals surface area contributed by atoms with Crippen LogP contribution < -0.4 is 10.2 Å². The first-order valence-electron chi connectivity index (χ1n) is 8.37. The second-order valence-electron chi connectivity index (χ2n) is 6.36. The van der Waals surface area contributed by atoms with Gasteiger partial charge in [0.15, 0.2) is 0 Å². The van der Waals surface area contributed by atoms with Crippen molar-refractivity contribution in [1.82, 2.24) is 14.9 Å². The van der Waals surface area contributed by atoms with Crippen LogP contribution in [0, 0.1) is 0 Å². The highest BCUT2D eigenvalue weighted by Crippen LogP contribution is 2.31. The fraction of sp³-hybridized carbons (Fsp3) is 0.471. The van der Waals surface area contributed by atoms with Crippen LogP contribution in [0.1, 0.15) is 30.0 Å². The number of carbonyl (C=O) groups excluding carboxylic acids is 2. The Bertz CT molecular complexity index is 766. The van der Waals surface area contributed by atoms with Crippen molar-refractivity contribution in [3.05, 3.63) is 34.5 Å². The summed E-state index contributed by atoms with van der Waals surface area (Å²) >= 11 is 1.66. The number of thiophene rings is 1. The van der Waals surface area contributed by atoms with E-state index in [9.17, 15) is 9.59 Å². The molecule has 0 unspecified atom stereocenters. The molecule has 2 aliphatic heterocycles. The van der Waals surface area contributed by atoms with E-state index in [1.165, 1.54) is 4.88 Å². The number of aryl methyl sites for hydroxylation is 2. The van der Waals surface area contributed by atoms with E-state index in [1.54, 1.807) is 22.4 Å². The second-order valence-corrected chi connectivity index (χ2v) is 7.36. The van der Waals surface area contributed by atoms with Gasteiger partial charge in [0.05, 0.1) is 5.69 Å². The maximum Gasteiger partial charge on any atom is 0.240 e. The lowest BCUT2D eigenvalue weighted by atomic mass is 10.1. The molecular formula is C17H20N4O2S. The Hall–Kier alpha value is -2.15. The topological polar surface area (TPSA) is 67.2 Å². The van der Waals surface area contributed by atoms with Gasteiger partial charge in [0.1, 0.15) is 12.4 Å². The Morgan fingerprint density at radius 3 is 3.21 bits per heavy atom. The zero-order valence-electron chi connectivity index (χ0n) is 13.4. The highest BCUT2D eigenvalue weighted by atomic mass is 32.1. The monoisotopic (exact) mass is 344 g/mol. The molecule has 2 aliphatic rings.